The zero-order valence-electron chi connectivity index (χ0n) is 9.74. The number of carboxylic acid groups (broad SMARTS) is 1. The lowest BCUT2D eigenvalue weighted by atomic mass is 10.2. The van der Waals surface area contributed by atoms with Gasteiger partial charge in [0.25, 0.3) is 0 Å². The first-order chi connectivity index (χ1) is 7.57. The summed E-state index contributed by atoms with van der Waals surface area (Å²) in [6, 6.07) is -0.541. The van der Waals surface area contributed by atoms with E-state index < -0.39 is 12.0 Å². The zero-order valence-corrected chi connectivity index (χ0v) is 10.6. The lowest BCUT2D eigenvalue weighted by Crippen LogP contribution is -2.39. The van der Waals surface area contributed by atoms with Crippen molar-refractivity contribution in [2.45, 2.75) is 32.2 Å². The highest BCUT2D eigenvalue weighted by Crippen LogP contribution is 2.06. The van der Waals surface area contributed by atoms with Crippen molar-refractivity contribution in [2.75, 3.05) is 18.1 Å². The molecule has 0 radical (unpaired) electrons. The Morgan fingerprint density at radius 1 is 1.44 bits per heavy atom. The molecular weight excluding hydrogens is 226 g/mol. The minimum atomic E-state index is -0.840. The number of hydrogen-bond acceptors (Lipinski definition) is 4. The molecule has 0 aliphatic heterocycles. The number of rotatable bonds is 10. The Hall–Kier alpha value is -0.680. The van der Waals surface area contributed by atoms with Crippen molar-refractivity contribution < 1.29 is 15.0 Å². The lowest BCUT2D eigenvalue weighted by Gasteiger charge is -2.13. The van der Waals surface area contributed by atoms with Crippen molar-refractivity contribution in [1.82, 2.24) is 5.32 Å². The van der Waals surface area contributed by atoms with Crippen LogP contribution in [0.2, 0.25) is 0 Å². The van der Waals surface area contributed by atoms with Crippen LogP contribution in [-0.4, -0.2) is 40.3 Å². The Kier molecular flexibility index (Phi) is 9.13. The van der Waals surface area contributed by atoms with Gasteiger partial charge in [-0.25, -0.2) is 0 Å². The van der Waals surface area contributed by atoms with Crippen molar-refractivity contribution in [2.24, 2.45) is 0 Å². The molecule has 0 saturated carbocycles. The largest absolute Gasteiger partial charge is 0.512 e. The van der Waals surface area contributed by atoms with E-state index in [1.165, 1.54) is 11.8 Å². The van der Waals surface area contributed by atoms with Gasteiger partial charge in [-0.15, -0.1) is 0 Å². The van der Waals surface area contributed by atoms with Crippen LogP contribution in [0.3, 0.4) is 0 Å². The van der Waals surface area contributed by atoms with Crippen LogP contribution in [0.4, 0.5) is 0 Å². The van der Waals surface area contributed by atoms with Crippen molar-refractivity contribution in [3.63, 3.8) is 0 Å². The summed E-state index contributed by atoms with van der Waals surface area (Å²) in [7, 11) is 0. The number of carboxylic acids is 1. The Labute approximate surface area is 101 Å². The van der Waals surface area contributed by atoms with Crippen LogP contribution in [0.15, 0.2) is 12.3 Å². The van der Waals surface area contributed by atoms with Gasteiger partial charge in [-0.05, 0) is 13.0 Å². The summed E-state index contributed by atoms with van der Waals surface area (Å²) >= 11 is 1.37. The van der Waals surface area contributed by atoms with Crippen molar-refractivity contribution in [3.8, 4) is 0 Å². The molecule has 0 spiro atoms. The Morgan fingerprint density at radius 3 is 2.62 bits per heavy atom. The summed E-state index contributed by atoms with van der Waals surface area (Å²) in [4.78, 5) is 10.9. The molecule has 0 heterocycles. The average molecular weight is 247 g/mol. The molecule has 94 valence electrons. The number of aliphatic hydroxyl groups excluding tert-OH is 1. The van der Waals surface area contributed by atoms with Crippen LogP contribution in [0.25, 0.3) is 0 Å². The summed E-state index contributed by atoms with van der Waals surface area (Å²) in [6.07, 6.45) is 3.23. The second-order valence-corrected chi connectivity index (χ2v) is 4.66. The van der Waals surface area contributed by atoms with E-state index >= 15 is 0 Å². The maximum Gasteiger partial charge on any atom is 0.321 e. The van der Waals surface area contributed by atoms with Crippen LogP contribution in [-0.2, 0) is 4.79 Å². The molecule has 5 heteroatoms. The first kappa shape index (κ1) is 15.3. The average Bonchev–Trinajstić information content (AvgIpc) is 2.20. The van der Waals surface area contributed by atoms with Crippen LogP contribution in [0.1, 0.15) is 26.2 Å². The van der Waals surface area contributed by atoms with Gasteiger partial charge in [-0.2, -0.15) is 11.8 Å². The maximum absolute atomic E-state index is 10.9. The Balaban J connectivity index is 3.71. The first-order valence-corrected chi connectivity index (χ1v) is 6.64. The third kappa shape index (κ3) is 8.61. The summed E-state index contributed by atoms with van der Waals surface area (Å²) in [6.45, 7) is 6.19. The van der Waals surface area contributed by atoms with E-state index in [-0.39, 0.29) is 5.76 Å². The number of unbranched alkanes of at least 4 members (excludes halogenated alkanes) is 2. The van der Waals surface area contributed by atoms with E-state index in [9.17, 15) is 4.79 Å². The monoisotopic (exact) mass is 247 g/mol. The molecule has 0 aromatic carbocycles. The fourth-order valence-electron chi connectivity index (χ4n) is 1.16. The molecule has 0 amide bonds. The minimum absolute atomic E-state index is 0.0834. The molecule has 0 rings (SSSR count). The third-order valence-corrected chi connectivity index (χ3v) is 3.13. The fourth-order valence-corrected chi connectivity index (χ4v) is 2.01. The number of hydrogen-bond donors (Lipinski definition) is 3. The molecule has 0 aromatic rings. The molecule has 0 saturated heterocycles. The smallest absolute Gasteiger partial charge is 0.321 e. The topological polar surface area (TPSA) is 69.6 Å². The number of aliphatic hydroxyl groups is 1. The molecule has 0 aliphatic rings. The quantitative estimate of drug-likeness (QED) is 0.407. The van der Waals surface area contributed by atoms with Gasteiger partial charge in [0, 0.05) is 5.75 Å². The SMILES string of the molecule is C=C(O)CSC[C@H](NCCCCC)C(=O)O. The van der Waals surface area contributed by atoms with Gasteiger partial charge in [0.1, 0.15) is 6.04 Å². The molecule has 0 aliphatic carbocycles. The second kappa shape index (κ2) is 9.54. The lowest BCUT2D eigenvalue weighted by molar-refractivity contribution is -0.138. The molecule has 4 nitrogen and oxygen atoms in total. The predicted molar refractivity (Wildman–Crippen MR) is 68.0 cm³/mol. The fraction of sp³-hybridized carbons (Fsp3) is 0.727. The van der Waals surface area contributed by atoms with Gasteiger partial charge in [0.15, 0.2) is 0 Å². The normalized spacial score (nSPS) is 12.3. The molecule has 0 fully saturated rings. The van der Waals surface area contributed by atoms with E-state index in [4.69, 9.17) is 10.2 Å². The van der Waals surface area contributed by atoms with Gasteiger partial charge in [0.2, 0.25) is 0 Å². The van der Waals surface area contributed by atoms with E-state index in [1.54, 1.807) is 0 Å². The first-order valence-electron chi connectivity index (χ1n) is 5.48. The zero-order chi connectivity index (χ0) is 12.4. The second-order valence-electron chi connectivity index (χ2n) is 3.63. The van der Waals surface area contributed by atoms with Crippen LogP contribution < -0.4 is 5.32 Å². The van der Waals surface area contributed by atoms with Gasteiger partial charge < -0.3 is 15.5 Å². The van der Waals surface area contributed by atoms with E-state index in [0.717, 1.165) is 25.8 Å². The van der Waals surface area contributed by atoms with Gasteiger partial charge in [-0.1, -0.05) is 26.3 Å². The highest BCUT2D eigenvalue weighted by atomic mass is 32.2. The standard InChI is InChI=1S/C11H21NO3S/c1-3-4-5-6-12-10(11(14)15)8-16-7-9(2)13/h10,12-13H,2-8H2,1H3,(H,14,15)/t10-/m0/s1. The Morgan fingerprint density at radius 2 is 2.12 bits per heavy atom. The molecule has 0 unspecified atom stereocenters. The van der Waals surface area contributed by atoms with E-state index in [0.29, 0.717) is 11.5 Å². The van der Waals surface area contributed by atoms with Crippen LogP contribution >= 0.6 is 11.8 Å². The van der Waals surface area contributed by atoms with Crippen molar-refractivity contribution in [3.05, 3.63) is 12.3 Å². The van der Waals surface area contributed by atoms with Gasteiger partial charge >= 0.3 is 5.97 Å². The van der Waals surface area contributed by atoms with Gasteiger partial charge in [0.05, 0.1) is 11.5 Å². The molecule has 16 heavy (non-hydrogen) atoms. The maximum atomic E-state index is 10.9. The minimum Gasteiger partial charge on any atom is -0.512 e. The summed E-state index contributed by atoms with van der Waals surface area (Å²) < 4.78 is 0. The van der Waals surface area contributed by atoms with Gasteiger partial charge in [-0.3, -0.25) is 4.79 Å². The van der Waals surface area contributed by atoms with Crippen LogP contribution in [0.5, 0.6) is 0 Å². The number of carbonyl (C=O) groups is 1. The molecule has 3 N–H and O–H groups in total. The third-order valence-electron chi connectivity index (χ3n) is 2.02. The summed E-state index contributed by atoms with van der Waals surface area (Å²) in [5, 5.41) is 20.8. The summed E-state index contributed by atoms with van der Waals surface area (Å²) in [5.74, 6) is 0.0780. The van der Waals surface area contributed by atoms with Crippen LogP contribution in [0, 0.1) is 0 Å². The molecule has 1 atom stereocenters. The highest BCUT2D eigenvalue weighted by Gasteiger charge is 2.15. The van der Waals surface area contributed by atoms with E-state index in [1.807, 2.05) is 0 Å². The number of thioether (sulfide) groups is 1. The number of nitrogens with one attached hydrogen (secondary N) is 1. The predicted octanol–water partition coefficient (Wildman–Crippen LogP) is 2.02. The molecule has 0 bridgehead atoms. The number of aliphatic carboxylic acids is 1. The van der Waals surface area contributed by atoms with Crippen molar-refractivity contribution in [1.29, 1.82) is 0 Å². The van der Waals surface area contributed by atoms with Crippen molar-refractivity contribution >= 4 is 17.7 Å². The Bertz CT molecular complexity index is 221. The molecular formula is C11H21NO3S. The highest BCUT2D eigenvalue weighted by molar-refractivity contribution is 7.99. The summed E-state index contributed by atoms with van der Waals surface area (Å²) in [5.41, 5.74) is 0. The van der Waals surface area contributed by atoms with E-state index in [2.05, 4.69) is 18.8 Å². The molecule has 0 aromatic heterocycles.